The molecule has 2 heterocycles. The van der Waals surface area contributed by atoms with Crippen LogP contribution >= 0.6 is 0 Å². The van der Waals surface area contributed by atoms with Gasteiger partial charge >= 0.3 is 0 Å². The van der Waals surface area contributed by atoms with Gasteiger partial charge in [0.2, 0.25) is 0 Å². The Morgan fingerprint density at radius 2 is 1.16 bits per heavy atom. The number of carbonyl (C=O) groups excluding carboxylic acids is 3. The summed E-state index contributed by atoms with van der Waals surface area (Å²) in [6, 6.07) is 14.5. The van der Waals surface area contributed by atoms with Gasteiger partial charge in [0.05, 0.1) is 0 Å². The monoisotopic (exact) mass is 611 g/mol. The third-order valence-corrected chi connectivity index (χ3v) is 9.80. The molecule has 2 aromatic heterocycles. The van der Waals surface area contributed by atoms with Crippen molar-refractivity contribution in [3.8, 4) is 0 Å². The molecule has 2 aliphatic rings. The summed E-state index contributed by atoms with van der Waals surface area (Å²) in [5, 5.41) is 10.7. The number of hydrogen-bond donors (Lipinski definition) is 7. The van der Waals surface area contributed by atoms with Crippen molar-refractivity contribution in [2.45, 2.75) is 51.4 Å². The van der Waals surface area contributed by atoms with Crippen LogP contribution in [0.25, 0.3) is 21.8 Å². The van der Waals surface area contributed by atoms with E-state index in [0.29, 0.717) is 72.5 Å². The van der Waals surface area contributed by atoms with E-state index < -0.39 is 0 Å². The average molecular weight is 612 g/mol. The predicted octanol–water partition coefficient (Wildman–Crippen LogP) is 4.89. The van der Waals surface area contributed by atoms with E-state index in [4.69, 9.17) is 11.5 Å². The molecule has 2 fully saturated rings. The van der Waals surface area contributed by atoms with Crippen LogP contribution in [0.4, 0.5) is 5.69 Å². The molecule has 4 unspecified atom stereocenters. The molecule has 6 rings (SSSR count). The van der Waals surface area contributed by atoms with Crippen molar-refractivity contribution in [1.82, 2.24) is 20.6 Å². The molecule has 4 atom stereocenters. The second kappa shape index (κ2) is 13.9. The summed E-state index contributed by atoms with van der Waals surface area (Å²) in [7, 11) is 0. The fourth-order valence-electron chi connectivity index (χ4n) is 7.20. The van der Waals surface area contributed by atoms with Crippen molar-refractivity contribution in [1.29, 1.82) is 0 Å². The Labute approximate surface area is 263 Å². The van der Waals surface area contributed by atoms with E-state index >= 15 is 0 Å². The fourth-order valence-corrected chi connectivity index (χ4v) is 7.20. The minimum absolute atomic E-state index is 0.131. The Hall–Kier alpha value is -4.15. The minimum Gasteiger partial charge on any atom is -0.351 e. The van der Waals surface area contributed by atoms with E-state index in [1.165, 1.54) is 12.8 Å². The molecular weight excluding hydrogens is 566 g/mol. The van der Waals surface area contributed by atoms with Crippen molar-refractivity contribution in [2.24, 2.45) is 35.1 Å². The minimum atomic E-state index is -0.257. The third-order valence-electron chi connectivity index (χ3n) is 9.80. The number of carbonyl (C=O) groups is 3. The topological polar surface area (TPSA) is 171 Å². The number of aromatic amines is 2. The molecule has 2 saturated carbocycles. The molecule has 10 nitrogen and oxygen atoms in total. The summed E-state index contributed by atoms with van der Waals surface area (Å²) in [5.74, 6) is 1.50. The van der Waals surface area contributed by atoms with Crippen molar-refractivity contribution in [2.75, 3.05) is 31.5 Å². The second-order valence-electron chi connectivity index (χ2n) is 13.1. The zero-order chi connectivity index (χ0) is 31.3. The van der Waals surface area contributed by atoms with Gasteiger partial charge in [0.15, 0.2) is 0 Å². The quantitative estimate of drug-likeness (QED) is 0.135. The molecule has 238 valence electrons. The number of rotatable bonds is 10. The molecule has 10 heteroatoms. The van der Waals surface area contributed by atoms with E-state index in [-0.39, 0.29) is 17.7 Å². The lowest BCUT2D eigenvalue weighted by atomic mass is 9.81. The number of anilines is 1. The highest BCUT2D eigenvalue weighted by atomic mass is 16.2. The number of aromatic nitrogens is 2. The van der Waals surface area contributed by atoms with E-state index in [9.17, 15) is 14.4 Å². The van der Waals surface area contributed by atoms with Crippen LogP contribution < -0.4 is 27.4 Å². The van der Waals surface area contributed by atoms with Crippen molar-refractivity contribution in [3.05, 3.63) is 65.5 Å². The van der Waals surface area contributed by atoms with Crippen molar-refractivity contribution >= 4 is 45.2 Å². The molecule has 2 aromatic carbocycles. The normalized spacial score (nSPS) is 21.9. The van der Waals surface area contributed by atoms with Gasteiger partial charge < -0.3 is 37.4 Å². The van der Waals surface area contributed by atoms with E-state index in [0.717, 1.165) is 60.3 Å². The van der Waals surface area contributed by atoms with Crippen LogP contribution in [0.3, 0.4) is 0 Å². The van der Waals surface area contributed by atoms with Gasteiger partial charge in [-0.2, -0.15) is 0 Å². The summed E-state index contributed by atoms with van der Waals surface area (Å²) >= 11 is 0. The lowest BCUT2D eigenvalue weighted by Crippen LogP contribution is -2.33. The molecule has 45 heavy (non-hydrogen) atoms. The van der Waals surface area contributed by atoms with E-state index in [1.807, 2.05) is 30.3 Å². The SMILES string of the molecule is NCC1CCCC(CNC(=O)c2cc3cc(NC(=O)c4ccc5[nH]c(C(=O)NCC6CCCC(CN)C6)cc5c4)ccc3[nH]2)C1. The maximum absolute atomic E-state index is 13.2. The van der Waals surface area contributed by atoms with Gasteiger partial charge in [0.1, 0.15) is 11.4 Å². The van der Waals surface area contributed by atoms with E-state index in [2.05, 4.69) is 25.9 Å². The molecule has 0 saturated heterocycles. The Bertz CT molecular complexity index is 1670. The summed E-state index contributed by atoms with van der Waals surface area (Å²) in [5.41, 5.74) is 15.4. The van der Waals surface area contributed by atoms with Gasteiger partial charge in [-0.1, -0.05) is 12.8 Å². The third kappa shape index (κ3) is 7.40. The number of fused-ring (bicyclic) bond motifs is 2. The smallest absolute Gasteiger partial charge is 0.267 e. The lowest BCUT2D eigenvalue weighted by molar-refractivity contribution is 0.0928. The van der Waals surface area contributed by atoms with Crippen molar-refractivity contribution in [3.63, 3.8) is 0 Å². The lowest BCUT2D eigenvalue weighted by Gasteiger charge is -2.28. The first-order valence-electron chi connectivity index (χ1n) is 16.4. The molecular formula is C35H45N7O3. The first-order valence-corrected chi connectivity index (χ1v) is 16.4. The van der Waals surface area contributed by atoms with Gasteiger partial charge in [-0.05, 0) is 124 Å². The summed E-state index contributed by atoms with van der Waals surface area (Å²) in [6.07, 6.45) is 9.05. The van der Waals surface area contributed by atoms with Gasteiger partial charge in [0.25, 0.3) is 17.7 Å². The van der Waals surface area contributed by atoms with Gasteiger partial charge in [-0.25, -0.2) is 0 Å². The van der Waals surface area contributed by atoms with E-state index in [1.54, 1.807) is 18.2 Å². The van der Waals surface area contributed by atoms with Crippen LogP contribution in [0.5, 0.6) is 0 Å². The summed E-state index contributed by atoms with van der Waals surface area (Å²) < 4.78 is 0. The Morgan fingerprint density at radius 3 is 1.71 bits per heavy atom. The largest absolute Gasteiger partial charge is 0.351 e. The number of amides is 3. The standard InChI is InChI=1S/C35H45N7O3/c36-17-21-3-1-5-23(11-21)19-38-34(44)31-15-26-13-25(7-9-29(26)41-31)33(43)40-28-8-10-30-27(14-28)16-32(42-30)35(45)39-20-24-6-2-4-22(12-24)18-37/h7-10,13-16,21-24,41-42H,1-6,11-12,17-20,36-37H2,(H,38,44)(H,39,45)(H,40,43). The first-order chi connectivity index (χ1) is 21.9. The number of nitrogens with two attached hydrogens (primary N) is 2. The zero-order valence-corrected chi connectivity index (χ0v) is 25.8. The molecule has 0 spiro atoms. The van der Waals surface area contributed by atoms with Gasteiger partial charge in [-0.15, -0.1) is 0 Å². The Kier molecular flexibility index (Phi) is 9.51. The molecule has 3 amide bonds. The van der Waals surface area contributed by atoms with Crippen LogP contribution in [0, 0.1) is 23.7 Å². The number of benzene rings is 2. The molecule has 9 N–H and O–H groups in total. The zero-order valence-electron chi connectivity index (χ0n) is 25.8. The number of nitrogens with one attached hydrogen (secondary N) is 5. The molecule has 0 radical (unpaired) electrons. The number of H-pyrrole nitrogens is 2. The molecule has 4 aromatic rings. The highest BCUT2D eigenvalue weighted by Gasteiger charge is 2.23. The van der Waals surface area contributed by atoms with Gasteiger partial charge in [0, 0.05) is 46.1 Å². The molecule has 0 bridgehead atoms. The predicted molar refractivity (Wildman–Crippen MR) is 178 cm³/mol. The second-order valence-corrected chi connectivity index (χ2v) is 13.1. The van der Waals surface area contributed by atoms with Crippen molar-refractivity contribution < 1.29 is 14.4 Å². The maximum atomic E-state index is 13.2. The molecule has 0 aliphatic heterocycles. The average Bonchev–Trinajstić information content (AvgIpc) is 3.70. The highest BCUT2D eigenvalue weighted by molar-refractivity contribution is 6.08. The maximum Gasteiger partial charge on any atom is 0.267 e. The molecule has 2 aliphatic carbocycles. The van der Waals surface area contributed by atoms with Crippen LogP contribution in [-0.2, 0) is 0 Å². The number of hydrogen-bond acceptors (Lipinski definition) is 5. The Morgan fingerprint density at radius 1 is 0.644 bits per heavy atom. The van der Waals surface area contributed by atoms with Crippen LogP contribution in [0.1, 0.15) is 82.7 Å². The summed E-state index contributed by atoms with van der Waals surface area (Å²) in [6.45, 7) is 2.72. The summed E-state index contributed by atoms with van der Waals surface area (Å²) in [4.78, 5) is 45.3. The highest BCUT2D eigenvalue weighted by Crippen LogP contribution is 2.29. The van der Waals surface area contributed by atoms with Crippen LogP contribution in [-0.4, -0.2) is 53.9 Å². The fraction of sp³-hybridized carbons (Fsp3) is 0.457. The van der Waals surface area contributed by atoms with Gasteiger partial charge in [-0.3, -0.25) is 14.4 Å². The van der Waals surface area contributed by atoms with Crippen LogP contribution in [0.2, 0.25) is 0 Å². The van der Waals surface area contributed by atoms with Crippen LogP contribution in [0.15, 0.2) is 48.5 Å². The Balaban J connectivity index is 1.05. The first kappa shape index (κ1) is 30.9.